The number of pyridine rings is 1. The number of primary amides is 1. The van der Waals surface area contributed by atoms with E-state index in [0.717, 1.165) is 52.0 Å². The van der Waals surface area contributed by atoms with E-state index >= 15 is 0 Å². The Balaban J connectivity index is 1.53. The third-order valence-electron chi connectivity index (χ3n) is 5.99. The maximum Gasteiger partial charge on any atom is 0.354 e. The molecule has 0 saturated carbocycles. The third kappa shape index (κ3) is 4.61. The van der Waals surface area contributed by atoms with Crippen molar-refractivity contribution in [3.8, 4) is 16.9 Å². The highest BCUT2D eigenvalue weighted by Gasteiger charge is 2.20. The Hall–Kier alpha value is -4.53. The van der Waals surface area contributed by atoms with Gasteiger partial charge in [0, 0.05) is 28.8 Å². The van der Waals surface area contributed by atoms with Crippen molar-refractivity contribution in [2.24, 2.45) is 5.73 Å². The van der Waals surface area contributed by atoms with E-state index in [-0.39, 0.29) is 23.8 Å². The Kier molecular flexibility index (Phi) is 5.74. The van der Waals surface area contributed by atoms with Crippen LogP contribution in [0.2, 0.25) is 0 Å². The summed E-state index contributed by atoms with van der Waals surface area (Å²) in [6.07, 6.45) is 4.35. The van der Waals surface area contributed by atoms with E-state index in [1.165, 1.54) is 18.3 Å². The number of benzene rings is 2. The quantitative estimate of drug-likeness (QED) is 0.397. The number of nitrogens with zero attached hydrogens (tertiary/aromatic N) is 3. The predicted octanol–water partition coefficient (Wildman–Crippen LogP) is 3.28. The largest absolute Gasteiger partial charge is 0.383 e. The second kappa shape index (κ2) is 9.02. The van der Waals surface area contributed by atoms with Gasteiger partial charge in [-0.2, -0.15) is 4.98 Å². The highest BCUT2D eigenvalue weighted by atomic mass is 19.1. The molecule has 2 heterocycles. The van der Waals surface area contributed by atoms with Crippen LogP contribution in [0.4, 0.5) is 21.6 Å². The molecule has 1 aliphatic carbocycles. The molecule has 0 radical (unpaired) electrons. The summed E-state index contributed by atoms with van der Waals surface area (Å²) in [7, 11) is 0. The maximum absolute atomic E-state index is 14.7. The molecule has 2 aromatic carbocycles. The van der Waals surface area contributed by atoms with Crippen LogP contribution >= 0.6 is 0 Å². The van der Waals surface area contributed by atoms with E-state index in [0.29, 0.717) is 11.3 Å². The number of hydrogen-bond acceptors (Lipinski definition) is 6. The number of hydrogen-bond donors (Lipinski definition) is 3. The lowest BCUT2D eigenvalue weighted by atomic mass is 10.1. The average Bonchev–Trinajstić information content (AvgIpc) is 3.30. The lowest BCUT2D eigenvalue weighted by molar-refractivity contribution is -0.117. The monoisotopic (exact) mass is 470 g/mol. The van der Waals surface area contributed by atoms with Crippen molar-refractivity contribution in [2.45, 2.75) is 25.7 Å². The van der Waals surface area contributed by atoms with E-state index in [9.17, 15) is 14.0 Å². The molecule has 8 nitrogen and oxygen atoms in total. The molecule has 176 valence electrons. The zero-order valence-corrected chi connectivity index (χ0v) is 18.8. The molecular formula is C26H23FN6O2. The summed E-state index contributed by atoms with van der Waals surface area (Å²) in [5.74, 6) is -0.863. The molecule has 9 heteroatoms. The van der Waals surface area contributed by atoms with Gasteiger partial charge in [-0.15, -0.1) is 0 Å². The first-order chi connectivity index (χ1) is 16.9. The minimum Gasteiger partial charge on any atom is -0.383 e. The topological polar surface area (TPSA) is 129 Å². The number of fused-ring (bicyclic) bond motifs is 1. The molecular weight excluding hydrogens is 447 g/mol. The van der Waals surface area contributed by atoms with E-state index in [1.807, 2.05) is 30.3 Å². The summed E-state index contributed by atoms with van der Waals surface area (Å²) in [6, 6.07) is 15.4. The van der Waals surface area contributed by atoms with Gasteiger partial charge < -0.3 is 16.8 Å². The smallest absolute Gasteiger partial charge is 0.354 e. The van der Waals surface area contributed by atoms with E-state index < -0.39 is 11.5 Å². The zero-order valence-electron chi connectivity index (χ0n) is 18.8. The highest BCUT2D eigenvalue weighted by Crippen LogP contribution is 2.34. The van der Waals surface area contributed by atoms with Gasteiger partial charge in [0.25, 0.3) is 0 Å². The van der Waals surface area contributed by atoms with Crippen molar-refractivity contribution >= 4 is 23.1 Å². The van der Waals surface area contributed by atoms with Crippen LogP contribution in [0.15, 0.2) is 65.6 Å². The Labute approximate surface area is 200 Å². The number of halogens is 1. The van der Waals surface area contributed by atoms with E-state index in [1.54, 1.807) is 12.1 Å². The number of amides is 1. The van der Waals surface area contributed by atoms with Crippen molar-refractivity contribution in [1.82, 2.24) is 14.5 Å². The minimum absolute atomic E-state index is 0.0708. The fraction of sp³-hybridized carbons (Fsp3) is 0.154. The van der Waals surface area contributed by atoms with Crippen LogP contribution in [0.3, 0.4) is 0 Å². The summed E-state index contributed by atoms with van der Waals surface area (Å²) < 4.78 is 15.8. The van der Waals surface area contributed by atoms with Gasteiger partial charge in [-0.05, 0) is 72.9 Å². The Morgan fingerprint density at radius 3 is 2.60 bits per heavy atom. The van der Waals surface area contributed by atoms with Crippen molar-refractivity contribution < 1.29 is 9.18 Å². The zero-order chi connectivity index (χ0) is 24.5. The Morgan fingerprint density at radius 1 is 1.06 bits per heavy atom. The number of anilines is 3. The second-order valence-corrected chi connectivity index (χ2v) is 8.47. The number of nitrogens with one attached hydrogen (secondary N) is 1. The summed E-state index contributed by atoms with van der Waals surface area (Å²) in [5, 5.41) is 3.46. The van der Waals surface area contributed by atoms with Gasteiger partial charge in [0.1, 0.15) is 11.6 Å². The van der Waals surface area contributed by atoms with E-state index in [4.69, 9.17) is 16.5 Å². The molecule has 1 amide bonds. The van der Waals surface area contributed by atoms with Crippen LogP contribution < -0.4 is 22.5 Å². The van der Waals surface area contributed by atoms with Gasteiger partial charge in [-0.3, -0.25) is 14.3 Å². The highest BCUT2D eigenvalue weighted by molar-refractivity contribution is 5.77. The fourth-order valence-electron chi connectivity index (χ4n) is 4.32. The Morgan fingerprint density at radius 2 is 1.86 bits per heavy atom. The van der Waals surface area contributed by atoms with Gasteiger partial charge >= 0.3 is 5.69 Å². The number of carbonyl (C=O) groups excluding carboxylic acids is 1. The van der Waals surface area contributed by atoms with Gasteiger partial charge in [-0.25, -0.2) is 9.18 Å². The molecule has 5 rings (SSSR count). The molecule has 0 bridgehead atoms. The lowest BCUT2D eigenvalue weighted by Gasteiger charge is -2.15. The fourth-order valence-corrected chi connectivity index (χ4v) is 4.32. The number of aromatic nitrogens is 3. The summed E-state index contributed by atoms with van der Waals surface area (Å²) >= 11 is 0. The van der Waals surface area contributed by atoms with Crippen molar-refractivity contribution in [3.05, 3.63) is 93.9 Å². The van der Waals surface area contributed by atoms with Crippen LogP contribution in [0, 0.1) is 5.82 Å². The molecule has 1 aliphatic rings. The molecule has 0 saturated heterocycles. The van der Waals surface area contributed by atoms with Crippen molar-refractivity contribution in [3.63, 3.8) is 0 Å². The first-order valence-electron chi connectivity index (χ1n) is 11.2. The summed E-state index contributed by atoms with van der Waals surface area (Å²) in [4.78, 5) is 32.0. The van der Waals surface area contributed by atoms with Gasteiger partial charge in [0.2, 0.25) is 5.91 Å². The minimum atomic E-state index is -0.662. The number of carbonyl (C=O) groups is 1. The van der Waals surface area contributed by atoms with Crippen LogP contribution in [0.25, 0.3) is 16.9 Å². The van der Waals surface area contributed by atoms with Gasteiger partial charge in [-0.1, -0.05) is 12.1 Å². The standard InChI is InChI=1S/C26H23FN6O2/c27-19-9-6-16(13-23(19)33-11-10-24(28)32-26(33)35)21-14-22(18-2-1-3-20(18)31-21)30-17-7-4-15(5-8-17)12-25(29)34/h4-11,13-14H,1-3,12H2,(H2,29,34)(H,30,31)(H2,28,32,35). The summed E-state index contributed by atoms with van der Waals surface area (Å²) in [5.41, 5.74) is 16.4. The van der Waals surface area contributed by atoms with Crippen molar-refractivity contribution in [1.29, 1.82) is 0 Å². The molecule has 0 aliphatic heterocycles. The van der Waals surface area contributed by atoms with Crippen LogP contribution in [0.5, 0.6) is 0 Å². The lowest BCUT2D eigenvalue weighted by Crippen LogP contribution is -2.22. The molecule has 0 atom stereocenters. The normalized spacial score (nSPS) is 12.4. The molecule has 0 fully saturated rings. The first-order valence-corrected chi connectivity index (χ1v) is 11.2. The van der Waals surface area contributed by atoms with Crippen LogP contribution in [-0.2, 0) is 24.1 Å². The maximum atomic E-state index is 14.7. The van der Waals surface area contributed by atoms with Crippen LogP contribution in [0.1, 0.15) is 23.2 Å². The summed E-state index contributed by atoms with van der Waals surface area (Å²) in [6.45, 7) is 0. The third-order valence-corrected chi connectivity index (χ3v) is 5.99. The van der Waals surface area contributed by atoms with Gasteiger partial charge in [0.05, 0.1) is 17.8 Å². The molecule has 2 aromatic heterocycles. The SMILES string of the molecule is NC(=O)Cc1ccc(Nc2cc(-c3ccc(F)c(-n4ccc(N)nc4=O)c3)nc3c2CCC3)cc1. The number of nitrogen functional groups attached to an aromatic ring is 1. The second-order valence-electron chi connectivity index (χ2n) is 8.47. The van der Waals surface area contributed by atoms with Crippen molar-refractivity contribution in [2.75, 3.05) is 11.1 Å². The Bertz CT molecular complexity index is 1500. The number of rotatable bonds is 6. The molecule has 35 heavy (non-hydrogen) atoms. The molecule has 0 spiro atoms. The first kappa shape index (κ1) is 22.3. The number of nitrogens with two attached hydrogens (primary N) is 2. The average molecular weight is 471 g/mol. The van der Waals surface area contributed by atoms with Gasteiger partial charge in [0.15, 0.2) is 0 Å². The molecule has 4 aromatic rings. The predicted molar refractivity (Wildman–Crippen MR) is 132 cm³/mol. The molecule has 5 N–H and O–H groups in total. The number of aryl methyl sites for hydroxylation is 1. The van der Waals surface area contributed by atoms with Crippen LogP contribution in [-0.4, -0.2) is 20.4 Å². The van der Waals surface area contributed by atoms with E-state index in [2.05, 4.69) is 10.3 Å². The molecule has 0 unspecified atom stereocenters.